The molecule has 1 saturated heterocycles. The average molecular weight is 394 g/mol. The molecule has 0 bridgehead atoms. The number of amides is 2. The smallest absolute Gasteiger partial charge is 0.409 e. The highest BCUT2D eigenvalue weighted by Crippen LogP contribution is 2.27. The van der Waals surface area contributed by atoms with Crippen molar-refractivity contribution in [1.82, 2.24) is 19.4 Å². The van der Waals surface area contributed by atoms with Gasteiger partial charge in [0.2, 0.25) is 5.91 Å². The van der Waals surface area contributed by atoms with E-state index < -0.39 is 0 Å². The number of aryl methyl sites for hydroxylation is 1. The fourth-order valence-corrected chi connectivity index (χ4v) is 4.65. The number of piperazine rings is 1. The number of hydrogen-bond acceptors (Lipinski definition) is 6. The van der Waals surface area contributed by atoms with Gasteiger partial charge < -0.3 is 14.5 Å². The molecule has 0 spiro atoms. The zero-order valence-corrected chi connectivity index (χ0v) is 16.9. The van der Waals surface area contributed by atoms with Gasteiger partial charge in [0.25, 0.3) is 5.56 Å². The lowest BCUT2D eigenvalue weighted by atomic mass is 10.1. The minimum absolute atomic E-state index is 0.0304. The zero-order valence-electron chi connectivity index (χ0n) is 16.1. The maximum atomic E-state index is 12.9. The molecular weight excluding hydrogens is 368 g/mol. The molecule has 0 aromatic carbocycles. The van der Waals surface area contributed by atoms with Crippen molar-refractivity contribution in [3.05, 3.63) is 21.6 Å². The number of carbonyl (C=O) groups is 2. The van der Waals surface area contributed by atoms with Crippen LogP contribution in [-0.2, 0) is 22.5 Å². The van der Waals surface area contributed by atoms with E-state index in [9.17, 15) is 14.4 Å². The Labute approximate surface area is 162 Å². The van der Waals surface area contributed by atoms with Crippen LogP contribution in [0.1, 0.15) is 25.1 Å². The van der Waals surface area contributed by atoms with Crippen molar-refractivity contribution in [3.8, 4) is 0 Å². The van der Waals surface area contributed by atoms with Gasteiger partial charge in [-0.05, 0) is 20.3 Å². The lowest BCUT2D eigenvalue weighted by molar-refractivity contribution is -0.137. The van der Waals surface area contributed by atoms with Crippen LogP contribution in [-0.4, -0.2) is 69.9 Å². The molecular formula is C18H26N4O4S. The molecule has 2 aliphatic rings. The summed E-state index contributed by atoms with van der Waals surface area (Å²) in [4.78, 5) is 45.4. The number of aromatic nitrogens is 2. The summed E-state index contributed by atoms with van der Waals surface area (Å²) in [6.45, 7) is 8.24. The second-order valence-electron chi connectivity index (χ2n) is 6.75. The van der Waals surface area contributed by atoms with Crippen LogP contribution >= 0.6 is 11.8 Å². The van der Waals surface area contributed by atoms with Crippen LogP contribution in [0.2, 0.25) is 0 Å². The molecule has 0 radical (unpaired) electrons. The Morgan fingerprint density at radius 3 is 2.48 bits per heavy atom. The molecule has 1 atom stereocenters. The molecule has 148 valence electrons. The average Bonchev–Trinajstić information content (AvgIpc) is 2.68. The quantitative estimate of drug-likeness (QED) is 0.715. The molecule has 1 aromatic rings. The van der Waals surface area contributed by atoms with E-state index in [0.717, 1.165) is 11.3 Å². The van der Waals surface area contributed by atoms with Crippen molar-refractivity contribution in [2.45, 2.75) is 38.9 Å². The van der Waals surface area contributed by atoms with E-state index in [1.54, 1.807) is 21.3 Å². The van der Waals surface area contributed by atoms with E-state index >= 15 is 0 Å². The highest BCUT2D eigenvalue weighted by atomic mass is 32.2. The molecule has 0 saturated carbocycles. The molecule has 1 aromatic heterocycles. The largest absolute Gasteiger partial charge is 0.450 e. The zero-order chi connectivity index (χ0) is 19.6. The SMILES string of the molecule is CCOC(=O)N1CCN(C(=O)[C@@H]2CSc3nc(C)c(CC)c(=O)n3C2)CC1. The predicted octanol–water partition coefficient (Wildman–Crippen LogP) is 1.14. The second kappa shape index (κ2) is 8.33. The summed E-state index contributed by atoms with van der Waals surface area (Å²) < 4.78 is 6.66. The third-order valence-electron chi connectivity index (χ3n) is 5.07. The minimum atomic E-state index is -0.327. The van der Waals surface area contributed by atoms with Gasteiger partial charge in [0.1, 0.15) is 0 Å². The van der Waals surface area contributed by atoms with E-state index in [4.69, 9.17) is 4.74 Å². The van der Waals surface area contributed by atoms with E-state index in [1.807, 2.05) is 13.8 Å². The lowest BCUT2D eigenvalue weighted by Gasteiger charge is -2.36. The number of fused-ring (bicyclic) bond motifs is 1. The van der Waals surface area contributed by atoms with Crippen LogP contribution in [0, 0.1) is 12.8 Å². The first kappa shape index (κ1) is 19.7. The van der Waals surface area contributed by atoms with Gasteiger partial charge in [-0.25, -0.2) is 9.78 Å². The Kier molecular flexibility index (Phi) is 6.08. The lowest BCUT2D eigenvalue weighted by Crippen LogP contribution is -2.53. The molecule has 8 nitrogen and oxygen atoms in total. The molecule has 1 fully saturated rings. The van der Waals surface area contributed by atoms with Gasteiger partial charge in [-0.15, -0.1) is 0 Å². The van der Waals surface area contributed by atoms with Crippen LogP contribution in [0.4, 0.5) is 4.79 Å². The Morgan fingerprint density at radius 2 is 1.85 bits per heavy atom. The van der Waals surface area contributed by atoms with Crippen molar-refractivity contribution in [1.29, 1.82) is 0 Å². The first-order valence-corrected chi connectivity index (χ1v) is 10.4. The third kappa shape index (κ3) is 3.97. The molecule has 27 heavy (non-hydrogen) atoms. The van der Waals surface area contributed by atoms with Crippen molar-refractivity contribution >= 4 is 23.8 Å². The summed E-state index contributed by atoms with van der Waals surface area (Å²) in [7, 11) is 0. The van der Waals surface area contributed by atoms with Crippen LogP contribution in [0.5, 0.6) is 0 Å². The molecule has 2 aliphatic heterocycles. The topological polar surface area (TPSA) is 84.7 Å². The molecule has 9 heteroatoms. The first-order chi connectivity index (χ1) is 13.0. The second-order valence-corrected chi connectivity index (χ2v) is 7.73. The first-order valence-electron chi connectivity index (χ1n) is 9.39. The maximum Gasteiger partial charge on any atom is 0.409 e. The molecule has 2 amide bonds. The summed E-state index contributed by atoms with van der Waals surface area (Å²) in [5, 5.41) is 0.700. The summed E-state index contributed by atoms with van der Waals surface area (Å²) >= 11 is 1.47. The molecule has 0 N–H and O–H groups in total. The predicted molar refractivity (Wildman–Crippen MR) is 102 cm³/mol. The number of rotatable bonds is 3. The number of thioether (sulfide) groups is 1. The van der Waals surface area contributed by atoms with Gasteiger partial charge >= 0.3 is 6.09 Å². The van der Waals surface area contributed by atoms with Crippen molar-refractivity contribution in [2.24, 2.45) is 5.92 Å². The van der Waals surface area contributed by atoms with Crippen LogP contribution in [0.15, 0.2) is 9.95 Å². The maximum absolute atomic E-state index is 12.9. The van der Waals surface area contributed by atoms with Crippen LogP contribution in [0.25, 0.3) is 0 Å². The van der Waals surface area contributed by atoms with Crippen LogP contribution < -0.4 is 5.56 Å². The van der Waals surface area contributed by atoms with Gasteiger partial charge in [-0.3, -0.25) is 14.2 Å². The van der Waals surface area contributed by atoms with E-state index in [0.29, 0.717) is 56.7 Å². The third-order valence-corrected chi connectivity index (χ3v) is 6.21. The standard InChI is InChI=1S/C18H26N4O4S/c1-4-14-12(3)19-17-22(16(14)24)10-13(11-27-17)15(23)20-6-8-21(9-7-20)18(25)26-5-2/h13H,4-11H2,1-3H3/t13-/m0/s1. The van der Waals surface area contributed by atoms with Gasteiger partial charge in [-0.1, -0.05) is 18.7 Å². The fraction of sp³-hybridized carbons (Fsp3) is 0.667. The molecule has 3 heterocycles. The molecule has 3 rings (SSSR count). The van der Waals surface area contributed by atoms with E-state index in [2.05, 4.69) is 4.98 Å². The fourth-order valence-electron chi connectivity index (χ4n) is 3.53. The Morgan fingerprint density at radius 1 is 1.19 bits per heavy atom. The monoisotopic (exact) mass is 394 g/mol. The van der Waals surface area contributed by atoms with Crippen LogP contribution in [0.3, 0.4) is 0 Å². The van der Waals surface area contributed by atoms with Gasteiger partial charge in [-0.2, -0.15) is 0 Å². The number of hydrogen-bond donors (Lipinski definition) is 0. The summed E-state index contributed by atoms with van der Waals surface area (Å²) in [6, 6.07) is 0. The number of nitrogens with zero attached hydrogens (tertiary/aromatic N) is 4. The van der Waals surface area contributed by atoms with Crippen molar-refractivity contribution < 1.29 is 14.3 Å². The Hall–Kier alpha value is -2.03. The van der Waals surface area contributed by atoms with Gasteiger partial charge in [0.05, 0.1) is 12.5 Å². The number of carbonyl (C=O) groups excluding carboxylic acids is 2. The Bertz CT molecular complexity index is 786. The highest BCUT2D eigenvalue weighted by Gasteiger charge is 2.33. The summed E-state index contributed by atoms with van der Waals surface area (Å²) in [5.74, 6) is 0.416. The number of ether oxygens (including phenoxy) is 1. The Balaban J connectivity index is 1.67. The van der Waals surface area contributed by atoms with Crippen molar-refractivity contribution in [3.63, 3.8) is 0 Å². The van der Waals surface area contributed by atoms with Gasteiger partial charge in [0.15, 0.2) is 5.16 Å². The van der Waals surface area contributed by atoms with Gasteiger partial charge in [0, 0.05) is 49.7 Å². The molecule has 0 aliphatic carbocycles. The van der Waals surface area contributed by atoms with E-state index in [1.165, 1.54) is 11.8 Å². The molecule has 0 unspecified atom stereocenters. The highest BCUT2D eigenvalue weighted by molar-refractivity contribution is 7.99. The van der Waals surface area contributed by atoms with E-state index in [-0.39, 0.29) is 23.5 Å². The minimum Gasteiger partial charge on any atom is -0.450 e. The van der Waals surface area contributed by atoms with Crippen molar-refractivity contribution in [2.75, 3.05) is 38.5 Å². The summed E-state index contributed by atoms with van der Waals surface area (Å²) in [6.07, 6.45) is 0.309. The normalized spacial score (nSPS) is 19.6. The summed E-state index contributed by atoms with van der Waals surface area (Å²) in [5.41, 5.74) is 1.47.